The van der Waals surface area contributed by atoms with Gasteiger partial charge in [0.1, 0.15) is 5.75 Å². The van der Waals surface area contributed by atoms with Crippen molar-refractivity contribution in [3.8, 4) is 0 Å². The molecule has 1 aromatic carbocycles. The van der Waals surface area contributed by atoms with Crippen molar-refractivity contribution in [3.63, 3.8) is 0 Å². The number of benzene rings is 1. The summed E-state index contributed by atoms with van der Waals surface area (Å²) < 4.78 is 147. The zero-order chi connectivity index (χ0) is 18.4. The van der Waals surface area contributed by atoms with Gasteiger partial charge in [0, 0.05) is 0 Å². The van der Waals surface area contributed by atoms with Crippen molar-refractivity contribution in [2.75, 3.05) is 0 Å². The Kier molecular flexibility index (Phi) is 4.69. The normalized spacial score (nSPS) is 14.2. The highest BCUT2D eigenvalue weighted by Gasteiger charge is 2.45. The van der Waals surface area contributed by atoms with Crippen LogP contribution in [0.5, 0.6) is 0 Å². The summed E-state index contributed by atoms with van der Waals surface area (Å²) in [5, 5.41) is 0. The van der Waals surface area contributed by atoms with Crippen LogP contribution in [-0.2, 0) is 34.5 Å². The highest BCUT2D eigenvalue weighted by molar-refractivity contribution is 7.85. The van der Waals surface area contributed by atoms with Crippen LogP contribution in [0.3, 0.4) is 0 Å². The molecule has 0 aliphatic carbocycles. The largest absolute Gasteiger partial charge is 0.416 e. The summed E-state index contributed by atoms with van der Waals surface area (Å²) in [6, 6.07) is -1.40. The van der Waals surface area contributed by atoms with Gasteiger partial charge in [-0.1, -0.05) is 0 Å². The van der Waals surface area contributed by atoms with Crippen LogP contribution in [0.4, 0.5) is 43.4 Å². The zero-order valence-electron chi connectivity index (χ0n) is 10.4. The maximum absolute atomic E-state index is 12.7. The molecule has 0 saturated heterocycles. The first kappa shape index (κ1) is 19.5. The topological polar surface area (TPSA) is 34.1 Å². The van der Waals surface area contributed by atoms with Gasteiger partial charge in [0.05, 0.1) is 16.7 Å². The van der Waals surface area contributed by atoms with Crippen molar-refractivity contribution >= 4 is 10.2 Å². The lowest BCUT2D eigenvalue weighted by Crippen LogP contribution is -2.21. The van der Waals surface area contributed by atoms with Gasteiger partial charge < -0.3 is 0 Å². The summed E-state index contributed by atoms with van der Waals surface area (Å²) in [5.41, 5.74) is -9.49. The van der Waals surface area contributed by atoms with Crippen molar-refractivity contribution < 1.29 is 51.8 Å². The Morgan fingerprint density at radius 3 is 1.30 bits per heavy atom. The first-order valence-electron chi connectivity index (χ1n) is 5.24. The minimum atomic E-state index is -5.87. The molecular weight excluding hydrogens is 374 g/mol. The van der Waals surface area contributed by atoms with Gasteiger partial charge in [0.25, 0.3) is 0 Å². The van der Waals surface area contributed by atoms with E-state index in [9.17, 15) is 51.8 Å². The van der Waals surface area contributed by atoms with Crippen LogP contribution in [0.1, 0.15) is 22.3 Å². The fourth-order valence-corrected chi connectivity index (χ4v) is 2.33. The van der Waals surface area contributed by atoms with E-state index in [4.69, 9.17) is 0 Å². The van der Waals surface area contributed by atoms with Crippen LogP contribution in [-0.4, -0.2) is 8.42 Å². The molecule has 0 spiro atoms. The van der Waals surface area contributed by atoms with Gasteiger partial charge in [0.2, 0.25) is 0 Å². The molecule has 0 atom stereocenters. The maximum Gasteiger partial charge on any atom is 0.416 e. The lowest BCUT2D eigenvalue weighted by atomic mass is 9.97. The Morgan fingerprint density at radius 2 is 1.09 bits per heavy atom. The van der Waals surface area contributed by atoms with Gasteiger partial charge in [0.15, 0.2) is 0 Å². The third-order valence-corrected chi connectivity index (χ3v) is 3.14. The van der Waals surface area contributed by atoms with Crippen LogP contribution < -0.4 is 0 Å². The summed E-state index contributed by atoms with van der Waals surface area (Å²) in [5.74, 6) is -2.37. The first-order valence-corrected chi connectivity index (χ1v) is 6.79. The second-order valence-corrected chi connectivity index (χ2v) is 5.59. The van der Waals surface area contributed by atoms with E-state index >= 15 is 0 Å². The molecule has 132 valence electrons. The molecule has 0 heterocycles. The lowest BCUT2D eigenvalue weighted by Gasteiger charge is -2.20. The summed E-state index contributed by atoms with van der Waals surface area (Å²) in [6.07, 6.45) is -17.1. The predicted octanol–water partition coefficient (Wildman–Crippen LogP) is 4.54. The highest BCUT2D eigenvalue weighted by Crippen LogP contribution is 2.44. The number of rotatable bonds is 2. The van der Waals surface area contributed by atoms with Gasteiger partial charge in [-0.05, 0) is 17.7 Å². The number of halogens is 10. The Morgan fingerprint density at radius 1 is 0.739 bits per heavy atom. The van der Waals surface area contributed by atoms with Crippen LogP contribution >= 0.6 is 0 Å². The quantitative estimate of drug-likeness (QED) is 0.559. The summed E-state index contributed by atoms with van der Waals surface area (Å²) in [4.78, 5) is 0. The molecule has 13 heteroatoms. The molecule has 0 aliphatic rings. The molecular formula is C10H4F10O2S. The Labute approximate surface area is 121 Å². The molecule has 0 amide bonds. The van der Waals surface area contributed by atoms with Crippen LogP contribution in [0, 0.1) is 0 Å². The highest BCUT2D eigenvalue weighted by atomic mass is 32.3. The third kappa shape index (κ3) is 4.97. The monoisotopic (exact) mass is 378 g/mol. The first-order chi connectivity index (χ1) is 9.93. The molecule has 0 radical (unpaired) electrons. The number of alkyl halides is 9. The molecule has 0 N–H and O–H groups in total. The smallest absolute Gasteiger partial charge is 0.194 e. The molecule has 1 rings (SSSR count). The molecule has 0 aromatic heterocycles. The predicted molar refractivity (Wildman–Crippen MR) is 55.2 cm³/mol. The molecule has 0 aliphatic heterocycles. The second-order valence-electron chi connectivity index (χ2n) is 4.23. The van der Waals surface area contributed by atoms with E-state index in [1.165, 1.54) is 0 Å². The molecule has 1 aromatic rings. The van der Waals surface area contributed by atoms with Crippen LogP contribution in [0.15, 0.2) is 12.1 Å². The third-order valence-electron chi connectivity index (χ3n) is 2.50. The van der Waals surface area contributed by atoms with E-state index in [-0.39, 0.29) is 0 Å². The van der Waals surface area contributed by atoms with Gasteiger partial charge >= 0.3 is 28.8 Å². The van der Waals surface area contributed by atoms with E-state index in [1.54, 1.807) is 0 Å². The van der Waals surface area contributed by atoms with Crippen molar-refractivity contribution in [3.05, 3.63) is 34.4 Å². The molecule has 23 heavy (non-hydrogen) atoms. The Hall–Kier alpha value is -1.53. The molecule has 0 bridgehead atoms. The number of hydrogen-bond donors (Lipinski definition) is 0. The van der Waals surface area contributed by atoms with Crippen LogP contribution in [0.25, 0.3) is 0 Å². The maximum atomic E-state index is 12.7. The molecule has 2 nitrogen and oxygen atoms in total. The van der Waals surface area contributed by atoms with Gasteiger partial charge in [-0.2, -0.15) is 47.9 Å². The summed E-state index contributed by atoms with van der Waals surface area (Å²) >= 11 is 0. The Bertz CT molecular complexity index is 661. The standard InChI is InChI=1S/C10H4F10O2S/c11-8(12,13)4-1-6(9(14,15)16)5(3-23(20,21)22)7(2-4)10(17,18)19/h1-2H,3H2. The van der Waals surface area contributed by atoms with Gasteiger partial charge in [-0.15, -0.1) is 3.89 Å². The van der Waals surface area contributed by atoms with Gasteiger partial charge in [-0.3, -0.25) is 0 Å². The van der Waals surface area contributed by atoms with Gasteiger partial charge in [-0.25, -0.2) is 0 Å². The van der Waals surface area contributed by atoms with E-state index in [1.807, 2.05) is 0 Å². The molecule has 0 unspecified atom stereocenters. The molecule has 0 fully saturated rings. The zero-order valence-corrected chi connectivity index (χ0v) is 11.2. The van der Waals surface area contributed by atoms with Crippen molar-refractivity contribution in [2.45, 2.75) is 24.3 Å². The van der Waals surface area contributed by atoms with E-state index in [0.717, 1.165) is 0 Å². The van der Waals surface area contributed by atoms with Crippen LogP contribution in [0.2, 0.25) is 0 Å². The van der Waals surface area contributed by atoms with E-state index < -0.39 is 68.9 Å². The summed E-state index contributed by atoms with van der Waals surface area (Å²) in [6.45, 7) is 0. The fraction of sp³-hybridized carbons (Fsp3) is 0.400. The van der Waals surface area contributed by atoms with E-state index in [0.29, 0.717) is 0 Å². The average Bonchev–Trinajstić information content (AvgIpc) is 2.21. The van der Waals surface area contributed by atoms with Crippen molar-refractivity contribution in [1.29, 1.82) is 0 Å². The van der Waals surface area contributed by atoms with Crippen molar-refractivity contribution in [2.24, 2.45) is 0 Å². The minimum Gasteiger partial charge on any atom is -0.194 e. The molecule has 0 saturated carbocycles. The fourth-order valence-electron chi connectivity index (χ4n) is 1.67. The number of hydrogen-bond acceptors (Lipinski definition) is 2. The summed E-state index contributed by atoms with van der Waals surface area (Å²) in [7, 11) is -5.87. The van der Waals surface area contributed by atoms with E-state index in [2.05, 4.69) is 0 Å². The van der Waals surface area contributed by atoms with Crippen molar-refractivity contribution in [1.82, 2.24) is 0 Å². The average molecular weight is 378 g/mol. The Balaban J connectivity index is 3.90. The lowest BCUT2D eigenvalue weighted by molar-refractivity contribution is -0.149. The SMILES string of the molecule is O=S(=O)(F)Cc1c(C(F)(F)F)cc(C(F)(F)F)cc1C(F)(F)F. The minimum absolute atomic E-state index is 0.699. The second kappa shape index (κ2) is 5.53.